The van der Waals surface area contributed by atoms with E-state index in [1.165, 1.54) is 0 Å². The minimum absolute atomic E-state index is 0.0829. The van der Waals surface area contributed by atoms with E-state index in [1.54, 1.807) is 31.2 Å². The molecule has 2 N–H and O–H groups in total. The van der Waals surface area contributed by atoms with Crippen molar-refractivity contribution in [2.45, 2.75) is 13.3 Å². The Bertz CT molecular complexity index is 349. The largest absolute Gasteiger partial charge is 0.313 e. The first-order valence-corrected chi connectivity index (χ1v) is 4.80. The number of hydrogen-bond donors (Lipinski definition) is 1. The number of carbonyl (C=O) groups excluding carboxylic acids is 2. The van der Waals surface area contributed by atoms with Crippen molar-refractivity contribution in [1.29, 1.82) is 0 Å². The standard InChI is InChI=1S/C11H14N2O2/c1-2-10(14)13(8-12)11(15)9-6-4-3-5-7-9/h3-7H,2,8,12H2,1H3. The van der Waals surface area contributed by atoms with Gasteiger partial charge in [-0.05, 0) is 12.1 Å². The van der Waals surface area contributed by atoms with Crippen LogP contribution >= 0.6 is 0 Å². The van der Waals surface area contributed by atoms with Crippen molar-refractivity contribution in [3.63, 3.8) is 0 Å². The highest BCUT2D eigenvalue weighted by atomic mass is 16.2. The first-order valence-electron chi connectivity index (χ1n) is 4.80. The Labute approximate surface area is 88.7 Å². The topological polar surface area (TPSA) is 63.4 Å². The zero-order valence-electron chi connectivity index (χ0n) is 8.64. The van der Waals surface area contributed by atoms with Crippen LogP contribution in [0.15, 0.2) is 30.3 Å². The zero-order chi connectivity index (χ0) is 11.3. The summed E-state index contributed by atoms with van der Waals surface area (Å²) in [5, 5.41) is 0. The summed E-state index contributed by atoms with van der Waals surface area (Å²) < 4.78 is 0. The summed E-state index contributed by atoms with van der Waals surface area (Å²) in [7, 11) is 0. The van der Waals surface area contributed by atoms with Crippen molar-refractivity contribution in [3.8, 4) is 0 Å². The van der Waals surface area contributed by atoms with Gasteiger partial charge in [0.25, 0.3) is 5.91 Å². The Hall–Kier alpha value is -1.68. The van der Waals surface area contributed by atoms with Crippen LogP contribution in [0.5, 0.6) is 0 Å². The first-order chi connectivity index (χ1) is 7.20. The van der Waals surface area contributed by atoms with E-state index < -0.39 is 0 Å². The van der Waals surface area contributed by atoms with Crippen molar-refractivity contribution in [2.24, 2.45) is 5.73 Å². The molecule has 0 aliphatic carbocycles. The fourth-order valence-electron chi connectivity index (χ4n) is 1.23. The Morgan fingerprint density at radius 1 is 1.27 bits per heavy atom. The number of benzene rings is 1. The molecule has 1 aromatic carbocycles. The molecule has 0 radical (unpaired) electrons. The van der Waals surface area contributed by atoms with Gasteiger partial charge in [-0.15, -0.1) is 0 Å². The van der Waals surface area contributed by atoms with E-state index >= 15 is 0 Å². The highest BCUT2D eigenvalue weighted by Crippen LogP contribution is 2.04. The van der Waals surface area contributed by atoms with Gasteiger partial charge in [-0.3, -0.25) is 14.5 Å². The number of hydrogen-bond acceptors (Lipinski definition) is 3. The van der Waals surface area contributed by atoms with Crippen LogP contribution in [0.1, 0.15) is 23.7 Å². The second-order valence-corrected chi connectivity index (χ2v) is 3.03. The monoisotopic (exact) mass is 206 g/mol. The summed E-state index contributed by atoms with van der Waals surface area (Å²) in [5.74, 6) is -0.601. The van der Waals surface area contributed by atoms with Gasteiger partial charge in [0.1, 0.15) is 0 Å². The summed E-state index contributed by atoms with van der Waals surface area (Å²) in [5.41, 5.74) is 5.85. The lowest BCUT2D eigenvalue weighted by atomic mass is 10.2. The molecule has 1 rings (SSSR count). The lowest BCUT2D eigenvalue weighted by Crippen LogP contribution is -2.40. The van der Waals surface area contributed by atoms with Crippen LogP contribution in [-0.4, -0.2) is 23.4 Å². The molecular formula is C11H14N2O2. The van der Waals surface area contributed by atoms with Gasteiger partial charge in [0.05, 0.1) is 6.67 Å². The molecule has 0 saturated heterocycles. The van der Waals surface area contributed by atoms with Gasteiger partial charge >= 0.3 is 0 Å². The third kappa shape index (κ3) is 2.63. The summed E-state index contributed by atoms with van der Waals surface area (Å²) in [6, 6.07) is 8.63. The van der Waals surface area contributed by atoms with Crippen LogP contribution < -0.4 is 5.73 Å². The summed E-state index contributed by atoms with van der Waals surface area (Å²) >= 11 is 0. The van der Waals surface area contributed by atoms with Gasteiger partial charge in [0, 0.05) is 12.0 Å². The van der Waals surface area contributed by atoms with E-state index in [1.807, 2.05) is 6.07 Å². The molecule has 0 bridgehead atoms. The molecule has 0 aliphatic heterocycles. The Morgan fingerprint density at radius 2 is 1.87 bits per heavy atom. The fourth-order valence-corrected chi connectivity index (χ4v) is 1.23. The van der Waals surface area contributed by atoms with Crippen LogP contribution in [0.2, 0.25) is 0 Å². The molecular weight excluding hydrogens is 192 g/mol. The molecule has 80 valence electrons. The number of rotatable bonds is 3. The van der Waals surface area contributed by atoms with E-state index in [-0.39, 0.29) is 24.9 Å². The molecule has 0 atom stereocenters. The minimum atomic E-state index is -0.343. The maximum atomic E-state index is 11.8. The van der Waals surface area contributed by atoms with Crippen LogP contribution in [-0.2, 0) is 4.79 Å². The molecule has 0 unspecified atom stereocenters. The van der Waals surface area contributed by atoms with Crippen LogP contribution in [0.4, 0.5) is 0 Å². The smallest absolute Gasteiger partial charge is 0.261 e. The second kappa shape index (κ2) is 5.26. The van der Waals surface area contributed by atoms with Crippen molar-refractivity contribution >= 4 is 11.8 Å². The highest BCUT2D eigenvalue weighted by molar-refractivity contribution is 6.04. The van der Waals surface area contributed by atoms with Crippen molar-refractivity contribution < 1.29 is 9.59 Å². The first kappa shape index (κ1) is 11.4. The number of imide groups is 1. The predicted molar refractivity (Wildman–Crippen MR) is 57.0 cm³/mol. The zero-order valence-corrected chi connectivity index (χ0v) is 8.64. The Morgan fingerprint density at radius 3 is 2.33 bits per heavy atom. The molecule has 0 fully saturated rings. The average Bonchev–Trinajstić information content (AvgIpc) is 2.30. The number of amides is 2. The summed E-state index contributed by atoms with van der Waals surface area (Å²) in [6.07, 6.45) is 0.274. The minimum Gasteiger partial charge on any atom is -0.313 e. The highest BCUT2D eigenvalue weighted by Gasteiger charge is 2.19. The van der Waals surface area contributed by atoms with Gasteiger partial charge in [0.2, 0.25) is 5.91 Å². The van der Waals surface area contributed by atoms with E-state index in [0.29, 0.717) is 5.56 Å². The summed E-state index contributed by atoms with van der Waals surface area (Å²) in [6.45, 7) is 1.61. The molecule has 0 saturated carbocycles. The molecule has 1 aromatic rings. The number of nitrogens with zero attached hydrogens (tertiary/aromatic N) is 1. The van der Waals surface area contributed by atoms with E-state index in [2.05, 4.69) is 0 Å². The predicted octanol–water partition coefficient (Wildman–Crippen LogP) is 0.982. The molecule has 0 heterocycles. The van der Waals surface area contributed by atoms with Crippen LogP contribution in [0, 0.1) is 0 Å². The average molecular weight is 206 g/mol. The lowest BCUT2D eigenvalue weighted by molar-refractivity contribution is -0.128. The second-order valence-electron chi connectivity index (χ2n) is 3.03. The third-order valence-electron chi connectivity index (χ3n) is 2.05. The SMILES string of the molecule is CCC(=O)N(CN)C(=O)c1ccccc1. The van der Waals surface area contributed by atoms with E-state index in [4.69, 9.17) is 5.73 Å². The molecule has 15 heavy (non-hydrogen) atoms. The fraction of sp³-hybridized carbons (Fsp3) is 0.273. The van der Waals surface area contributed by atoms with Crippen LogP contribution in [0.3, 0.4) is 0 Å². The van der Waals surface area contributed by atoms with Gasteiger partial charge < -0.3 is 5.73 Å². The number of nitrogens with two attached hydrogens (primary N) is 1. The van der Waals surface area contributed by atoms with Crippen LogP contribution in [0.25, 0.3) is 0 Å². The Kier molecular flexibility index (Phi) is 4.00. The molecule has 0 aliphatic rings. The maximum Gasteiger partial charge on any atom is 0.261 e. The molecule has 4 heteroatoms. The Balaban J connectivity index is 2.87. The van der Waals surface area contributed by atoms with Crippen molar-refractivity contribution in [3.05, 3.63) is 35.9 Å². The van der Waals surface area contributed by atoms with Crippen molar-refractivity contribution in [2.75, 3.05) is 6.67 Å². The normalized spacial score (nSPS) is 9.73. The number of carbonyl (C=O) groups is 2. The quantitative estimate of drug-likeness (QED) is 0.750. The molecule has 4 nitrogen and oxygen atoms in total. The molecule has 0 aromatic heterocycles. The molecule has 0 spiro atoms. The third-order valence-corrected chi connectivity index (χ3v) is 2.05. The van der Waals surface area contributed by atoms with Gasteiger partial charge in [-0.25, -0.2) is 0 Å². The van der Waals surface area contributed by atoms with E-state index in [9.17, 15) is 9.59 Å². The van der Waals surface area contributed by atoms with Gasteiger partial charge in [-0.2, -0.15) is 0 Å². The van der Waals surface area contributed by atoms with Crippen molar-refractivity contribution in [1.82, 2.24) is 4.90 Å². The lowest BCUT2D eigenvalue weighted by Gasteiger charge is -2.17. The molecule has 2 amide bonds. The van der Waals surface area contributed by atoms with Gasteiger partial charge in [-0.1, -0.05) is 25.1 Å². The summed E-state index contributed by atoms with van der Waals surface area (Å²) in [4.78, 5) is 24.2. The maximum absolute atomic E-state index is 11.8. The van der Waals surface area contributed by atoms with E-state index in [0.717, 1.165) is 4.90 Å². The van der Waals surface area contributed by atoms with Gasteiger partial charge in [0.15, 0.2) is 0 Å².